The molecule has 21 heavy (non-hydrogen) atoms. The summed E-state index contributed by atoms with van der Waals surface area (Å²) in [4.78, 5) is 2.33. The Bertz CT molecular complexity index is 427. The first kappa shape index (κ1) is 16.4. The number of nitrogens with one attached hydrogen (secondary N) is 1. The second-order valence-corrected chi connectivity index (χ2v) is 6.31. The van der Waals surface area contributed by atoms with E-state index in [-0.39, 0.29) is 5.82 Å². The highest BCUT2D eigenvalue weighted by atomic mass is 19.1. The van der Waals surface area contributed by atoms with Crippen LogP contribution in [0.3, 0.4) is 0 Å². The summed E-state index contributed by atoms with van der Waals surface area (Å²) in [6, 6.07) is 6.16. The molecule has 0 aliphatic heterocycles. The minimum absolute atomic E-state index is 0.0723. The molecule has 2 rings (SSSR count). The highest BCUT2D eigenvalue weighted by Gasteiger charge is 2.19. The van der Waals surface area contributed by atoms with Gasteiger partial charge in [-0.15, -0.1) is 0 Å². The van der Waals surface area contributed by atoms with Crippen LogP contribution in [0.15, 0.2) is 18.2 Å². The fraction of sp³-hybridized carbons (Fsp3) is 0.667. The third kappa shape index (κ3) is 5.08. The van der Waals surface area contributed by atoms with Crippen molar-refractivity contribution in [2.45, 2.75) is 64.6 Å². The van der Waals surface area contributed by atoms with Crippen molar-refractivity contribution in [1.29, 1.82) is 0 Å². The van der Waals surface area contributed by atoms with Crippen LogP contribution in [0.2, 0.25) is 0 Å². The van der Waals surface area contributed by atoms with Gasteiger partial charge in [0.1, 0.15) is 5.82 Å². The van der Waals surface area contributed by atoms with Gasteiger partial charge < -0.3 is 5.32 Å². The minimum Gasteiger partial charge on any atom is -0.313 e. The van der Waals surface area contributed by atoms with E-state index in [0.717, 1.165) is 31.6 Å². The molecule has 1 aromatic carbocycles. The molecule has 1 fully saturated rings. The number of hydrogen-bond acceptors (Lipinski definition) is 2. The maximum atomic E-state index is 14.0. The third-order valence-electron chi connectivity index (χ3n) is 4.48. The lowest BCUT2D eigenvalue weighted by atomic mass is 9.94. The van der Waals surface area contributed by atoms with Gasteiger partial charge >= 0.3 is 0 Å². The fourth-order valence-electron chi connectivity index (χ4n) is 3.19. The Hall–Kier alpha value is -0.930. The molecular formula is C18H29FN2. The van der Waals surface area contributed by atoms with Crippen molar-refractivity contribution in [1.82, 2.24) is 10.2 Å². The van der Waals surface area contributed by atoms with Crippen molar-refractivity contribution in [2.24, 2.45) is 0 Å². The smallest absolute Gasteiger partial charge is 0.127 e. The Kier molecular flexibility index (Phi) is 6.65. The van der Waals surface area contributed by atoms with E-state index in [2.05, 4.69) is 24.2 Å². The molecule has 2 nitrogen and oxygen atoms in total. The monoisotopic (exact) mass is 292 g/mol. The zero-order valence-electron chi connectivity index (χ0n) is 13.5. The molecule has 0 spiro atoms. The van der Waals surface area contributed by atoms with Crippen molar-refractivity contribution in [3.63, 3.8) is 0 Å². The van der Waals surface area contributed by atoms with Gasteiger partial charge in [0.15, 0.2) is 0 Å². The number of halogens is 1. The van der Waals surface area contributed by atoms with E-state index in [0.29, 0.717) is 6.04 Å². The van der Waals surface area contributed by atoms with E-state index in [9.17, 15) is 4.39 Å². The molecule has 0 heterocycles. The van der Waals surface area contributed by atoms with Gasteiger partial charge in [0.25, 0.3) is 0 Å². The largest absolute Gasteiger partial charge is 0.313 e. The number of benzene rings is 1. The van der Waals surface area contributed by atoms with Crippen LogP contribution in [0.5, 0.6) is 0 Å². The Labute approximate surface area is 128 Å². The zero-order valence-corrected chi connectivity index (χ0v) is 13.5. The summed E-state index contributed by atoms with van der Waals surface area (Å²) in [5.41, 5.74) is 2.01. The van der Waals surface area contributed by atoms with E-state index >= 15 is 0 Å². The van der Waals surface area contributed by atoms with Crippen molar-refractivity contribution in [2.75, 3.05) is 13.6 Å². The summed E-state index contributed by atoms with van der Waals surface area (Å²) < 4.78 is 14.0. The minimum atomic E-state index is -0.0723. The highest BCUT2D eigenvalue weighted by Crippen LogP contribution is 2.23. The SMILES string of the molecule is CCCNCc1ccc(F)c(CN(C)C2CCCCC2)c1. The molecule has 0 atom stereocenters. The Morgan fingerprint density at radius 1 is 1.24 bits per heavy atom. The standard InChI is InChI=1S/C18H29FN2/c1-3-11-20-13-15-9-10-18(19)16(12-15)14-21(2)17-7-5-4-6-8-17/h9-10,12,17,20H,3-8,11,13-14H2,1-2H3. The topological polar surface area (TPSA) is 15.3 Å². The van der Waals surface area contributed by atoms with Crippen molar-refractivity contribution < 1.29 is 4.39 Å². The van der Waals surface area contributed by atoms with Gasteiger partial charge in [-0.2, -0.15) is 0 Å². The maximum absolute atomic E-state index is 14.0. The summed E-state index contributed by atoms with van der Waals surface area (Å²) in [6.07, 6.45) is 7.64. The highest BCUT2D eigenvalue weighted by molar-refractivity contribution is 5.25. The van der Waals surface area contributed by atoms with E-state index in [1.807, 2.05) is 12.1 Å². The third-order valence-corrected chi connectivity index (χ3v) is 4.48. The average Bonchev–Trinajstić information content (AvgIpc) is 2.51. The van der Waals surface area contributed by atoms with Gasteiger partial charge in [-0.25, -0.2) is 4.39 Å². The summed E-state index contributed by atoms with van der Waals surface area (Å²) in [5.74, 6) is -0.0723. The van der Waals surface area contributed by atoms with Crippen LogP contribution in [-0.2, 0) is 13.1 Å². The van der Waals surface area contributed by atoms with Gasteiger partial charge in [-0.05, 0) is 44.5 Å². The molecule has 3 heteroatoms. The summed E-state index contributed by atoms with van der Waals surface area (Å²) in [7, 11) is 2.14. The number of rotatable bonds is 7. The molecule has 1 aliphatic carbocycles. The maximum Gasteiger partial charge on any atom is 0.127 e. The predicted molar refractivity (Wildman–Crippen MR) is 86.7 cm³/mol. The van der Waals surface area contributed by atoms with E-state index in [1.54, 1.807) is 6.07 Å². The van der Waals surface area contributed by atoms with E-state index < -0.39 is 0 Å². The van der Waals surface area contributed by atoms with Crippen LogP contribution in [0.1, 0.15) is 56.6 Å². The molecule has 0 amide bonds. The molecule has 0 radical (unpaired) electrons. The van der Waals surface area contributed by atoms with Crippen LogP contribution >= 0.6 is 0 Å². The summed E-state index contributed by atoms with van der Waals surface area (Å²) >= 11 is 0. The normalized spacial score (nSPS) is 16.6. The molecule has 0 unspecified atom stereocenters. The molecule has 1 saturated carbocycles. The molecule has 0 saturated heterocycles. The lowest BCUT2D eigenvalue weighted by molar-refractivity contribution is 0.182. The molecule has 1 N–H and O–H groups in total. The van der Waals surface area contributed by atoms with Gasteiger partial charge in [-0.3, -0.25) is 4.90 Å². The van der Waals surface area contributed by atoms with Crippen LogP contribution in [-0.4, -0.2) is 24.5 Å². The summed E-state index contributed by atoms with van der Waals surface area (Å²) in [6.45, 7) is 4.71. The Morgan fingerprint density at radius 2 is 2.00 bits per heavy atom. The van der Waals surface area contributed by atoms with Crippen molar-refractivity contribution in [3.05, 3.63) is 35.1 Å². The van der Waals surface area contributed by atoms with Gasteiger partial charge in [0, 0.05) is 24.7 Å². The molecule has 1 aromatic rings. The van der Waals surface area contributed by atoms with Gasteiger partial charge in [0.2, 0.25) is 0 Å². The van der Waals surface area contributed by atoms with Crippen LogP contribution < -0.4 is 5.32 Å². The zero-order chi connectivity index (χ0) is 15.1. The first-order valence-corrected chi connectivity index (χ1v) is 8.39. The van der Waals surface area contributed by atoms with Crippen LogP contribution in [0.25, 0.3) is 0 Å². The lowest BCUT2D eigenvalue weighted by Gasteiger charge is -2.31. The molecular weight excluding hydrogens is 263 g/mol. The van der Waals surface area contributed by atoms with Crippen molar-refractivity contribution in [3.8, 4) is 0 Å². The lowest BCUT2D eigenvalue weighted by Crippen LogP contribution is -2.33. The molecule has 118 valence electrons. The van der Waals surface area contributed by atoms with Crippen LogP contribution in [0.4, 0.5) is 4.39 Å². The molecule has 0 bridgehead atoms. The first-order valence-electron chi connectivity index (χ1n) is 8.39. The average molecular weight is 292 g/mol. The fourth-order valence-corrected chi connectivity index (χ4v) is 3.19. The number of hydrogen-bond donors (Lipinski definition) is 1. The molecule has 0 aromatic heterocycles. The van der Waals surface area contributed by atoms with E-state index in [4.69, 9.17) is 0 Å². The number of nitrogens with zero attached hydrogens (tertiary/aromatic N) is 1. The van der Waals surface area contributed by atoms with Crippen LogP contribution in [0, 0.1) is 5.82 Å². The van der Waals surface area contributed by atoms with E-state index in [1.165, 1.54) is 37.7 Å². The van der Waals surface area contributed by atoms with Crippen molar-refractivity contribution >= 4 is 0 Å². The summed E-state index contributed by atoms with van der Waals surface area (Å²) in [5, 5.41) is 3.38. The quantitative estimate of drug-likeness (QED) is 0.761. The Morgan fingerprint density at radius 3 is 2.71 bits per heavy atom. The van der Waals surface area contributed by atoms with Gasteiger partial charge in [0.05, 0.1) is 0 Å². The Balaban J connectivity index is 1.95. The second-order valence-electron chi connectivity index (χ2n) is 6.31. The van der Waals surface area contributed by atoms with Gasteiger partial charge in [-0.1, -0.05) is 38.3 Å². The predicted octanol–water partition coefficient (Wildman–Crippen LogP) is 4.09. The second kappa shape index (κ2) is 8.50. The first-order chi connectivity index (χ1) is 10.2. The molecule has 1 aliphatic rings.